The second-order valence-electron chi connectivity index (χ2n) is 8.59. The molecule has 36 heavy (non-hydrogen) atoms. The summed E-state index contributed by atoms with van der Waals surface area (Å²) in [6, 6.07) is 24.0. The van der Waals surface area contributed by atoms with Crippen molar-refractivity contribution in [3.8, 4) is 5.75 Å². The van der Waals surface area contributed by atoms with Gasteiger partial charge >= 0.3 is 0 Å². The Morgan fingerprint density at radius 2 is 1.81 bits per heavy atom. The van der Waals surface area contributed by atoms with Crippen molar-refractivity contribution in [3.05, 3.63) is 127 Å². The first-order chi connectivity index (χ1) is 17.4. The number of thiazole rings is 1. The van der Waals surface area contributed by atoms with Gasteiger partial charge in [0.2, 0.25) is 0 Å². The first-order valence-electron chi connectivity index (χ1n) is 11.5. The zero-order chi connectivity index (χ0) is 25.2. The fourth-order valence-electron chi connectivity index (χ4n) is 4.37. The number of allylic oxidation sites excluding steroid dienone is 1. The molecule has 1 aromatic heterocycles. The molecule has 0 bridgehead atoms. The number of fused-ring (bicyclic) bond motifs is 1. The minimum absolute atomic E-state index is 0.189. The lowest BCUT2D eigenvalue weighted by Crippen LogP contribution is -2.40. The standard InChI is InChI=1S/C29H25N3O3S/c1-18-9-7-10-20(15-18)16-24-28(34)32-26(21-11-8-14-23(17-21)35-3)25(19(2)30-29(32)36-24)27(33)31-22-12-5-4-6-13-22/h4-17,26H,1-3H3,(H,31,33)/b24-16+/t26-/m0/s1. The summed E-state index contributed by atoms with van der Waals surface area (Å²) >= 11 is 1.32. The summed E-state index contributed by atoms with van der Waals surface area (Å²) in [5.41, 5.74) is 4.29. The van der Waals surface area contributed by atoms with Crippen LogP contribution in [0.25, 0.3) is 6.08 Å². The number of methoxy groups -OCH3 is 1. The van der Waals surface area contributed by atoms with Gasteiger partial charge in [0.15, 0.2) is 4.80 Å². The molecule has 4 aromatic rings. The molecule has 2 heterocycles. The monoisotopic (exact) mass is 495 g/mol. The molecule has 1 aliphatic heterocycles. The maximum Gasteiger partial charge on any atom is 0.271 e. The van der Waals surface area contributed by atoms with E-state index in [0.29, 0.717) is 32.0 Å². The van der Waals surface area contributed by atoms with Crippen LogP contribution in [0.2, 0.25) is 0 Å². The lowest BCUT2D eigenvalue weighted by atomic mass is 9.95. The normalized spacial score (nSPS) is 15.3. The summed E-state index contributed by atoms with van der Waals surface area (Å²) in [4.78, 5) is 32.6. The largest absolute Gasteiger partial charge is 0.497 e. The highest BCUT2D eigenvalue weighted by molar-refractivity contribution is 7.07. The number of carbonyl (C=O) groups is 1. The lowest BCUT2D eigenvalue weighted by molar-refractivity contribution is -0.113. The topological polar surface area (TPSA) is 72.7 Å². The number of ether oxygens (including phenoxy) is 1. The number of benzene rings is 3. The van der Waals surface area contributed by atoms with Crippen LogP contribution in [0.1, 0.15) is 29.7 Å². The van der Waals surface area contributed by atoms with Gasteiger partial charge in [-0.3, -0.25) is 14.2 Å². The van der Waals surface area contributed by atoms with Crippen LogP contribution in [0, 0.1) is 6.92 Å². The first kappa shape index (κ1) is 23.5. The molecule has 0 saturated heterocycles. The number of carbonyl (C=O) groups excluding carboxylic acids is 1. The Hall–Kier alpha value is -4.23. The van der Waals surface area contributed by atoms with Crippen LogP contribution in [-0.2, 0) is 4.79 Å². The summed E-state index contributed by atoms with van der Waals surface area (Å²) in [7, 11) is 1.59. The second kappa shape index (κ2) is 9.79. The van der Waals surface area contributed by atoms with E-state index in [2.05, 4.69) is 5.32 Å². The highest BCUT2D eigenvalue weighted by atomic mass is 32.1. The molecule has 0 aliphatic carbocycles. The van der Waals surface area contributed by atoms with Gasteiger partial charge in [0.1, 0.15) is 5.75 Å². The summed E-state index contributed by atoms with van der Waals surface area (Å²) in [6.45, 7) is 3.83. The smallest absolute Gasteiger partial charge is 0.271 e. The molecule has 7 heteroatoms. The average Bonchev–Trinajstić information content (AvgIpc) is 3.18. The fourth-order valence-corrected chi connectivity index (χ4v) is 5.42. The van der Waals surface area contributed by atoms with E-state index in [4.69, 9.17) is 9.73 Å². The number of nitrogens with one attached hydrogen (secondary N) is 1. The third-order valence-corrected chi connectivity index (χ3v) is 7.03. The van der Waals surface area contributed by atoms with Crippen LogP contribution in [-0.4, -0.2) is 17.6 Å². The number of para-hydroxylation sites is 1. The van der Waals surface area contributed by atoms with E-state index in [1.165, 1.54) is 11.3 Å². The molecule has 6 nitrogen and oxygen atoms in total. The van der Waals surface area contributed by atoms with E-state index in [0.717, 1.165) is 16.7 Å². The van der Waals surface area contributed by atoms with Crippen molar-refractivity contribution in [1.82, 2.24) is 4.57 Å². The molecule has 1 aliphatic rings. The fraction of sp³-hybridized carbons (Fsp3) is 0.138. The first-order valence-corrected chi connectivity index (χ1v) is 12.4. The lowest BCUT2D eigenvalue weighted by Gasteiger charge is -2.25. The Labute approximate surface area is 212 Å². The minimum atomic E-state index is -0.653. The number of aromatic nitrogens is 1. The van der Waals surface area contributed by atoms with Crippen LogP contribution in [0.15, 0.2) is 99.9 Å². The molecule has 3 aromatic carbocycles. The van der Waals surface area contributed by atoms with Crippen molar-refractivity contribution in [2.45, 2.75) is 19.9 Å². The third-order valence-electron chi connectivity index (χ3n) is 6.05. The number of rotatable bonds is 5. The van der Waals surface area contributed by atoms with Crippen molar-refractivity contribution < 1.29 is 9.53 Å². The van der Waals surface area contributed by atoms with Crippen molar-refractivity contribution in [2.24, 2.45) is 4.99 Å². The van der Waals surface area contributed by atoms with Gasteiger partial charge < -0.3 is 10.1 Å². The molecule has 0 saturated carbocycles. The maximum absolute atomic E-state index is 13.8. The van der Waals surface area contributed by atoms with Crippen molar-refractivity contribution in [3.63, 3.8) is 0 Å². The zero-order valence-corrected chi connectivity index (χ0v) is 21.0. The summed E-state index contributed by atoms with van der Waals surface area (Å²) in [5.74, 6) is 0.343. The predicted octanol–water partition coefficient (Wildman–Crippen LogP) is 4.19. The maximum atomic E-state index is 13.8. The van der Waals surface area contributed by atoms with Crippen molar-refractivity contribution in [1.29, 1.82) is 0 Å². The van der Waals surface area contributed by atoms with Crippen molar-refractivity contribution >= 4 is 29.0 Å². The molecular formula is C29H25N3O3S. The molecule has 0 spiro atoms. The van der Waals surface area contributed by atoms with E-state index in [1.807, 2.05) is 98.8 Å². The van der Waals surface area contributed by atoms with Crippen LogP contribution in [0.5, 0.6) is 5.75 Å². The van der Waals surface area contributed by atoms with Crippen LogP contribution < -0.4 is 24.9 Å². The van der Waals surface area contributed by atoms with E-state index in [-0.39, 0.29) is 11.5 Å². The van der Waals surface area contributed by atoms with Gasteiger partial charge in [-0.15, -0.1) is 0 Å². The second-order valence-corrected chi connectivity index (χ2v) is 9.60. The Bertz CT molecular complexity index is 1670. The number of nitrogens with zero attached hydrogens (tertiary/aromatic N) is 2. The highest BCUT2D eigenvalue weighted by Gasteiger charge is 2.32. The molecule has 1 N–H and O–H groups in total. The third kappa shape index (κ3) is 4.53. The molecule has 5 rings (SSSR count). The molecule has 0 fully saturated rings. The van der Waals surface area contributed by atoms with E-state index in [9.17, 15) is 9.59 Å². The van der Waals surface area contributed by atoms with Gasteiger partial charge in [0, 0.05) is 5.69 Å². The van der Waals surface area contributed by atoms with E-state index >= 15 is 0 Å². The van der Waals surface area contributed by atoms with Crippen LogP contribution in [0.3, 0.4) is 0 Å². The Balaban J connectivity index is 1.69. The van der Waals surface area contributed by atoms with Gasteiger partial charge in [-0.05, 0) is 55.3 Å². The van der Waals surface area contributed by atoms with Crippen molar-refractivity contribution in [2.75, 3.05) is 12.4 Å². The molecule has 1 atom stereocenters. The quantitative estimate of drug-likeness (QED) is 0.451. The number of hydrogen-bond donors (Lipinski definition) is 1. The van der Waals surface area contributed by atoms with Crippen LogP contribution in [0.4, 0.5) is 5.69 Å². The summed E-state index contributed by atoms with van der Waals surface area (Å²) in [6.07, 6.45) is 1.88. The zero-order valence-electron chi connectivity index (χ0n) is 20.2. The van der Waals surface area contributed by atoms with Gasteiger partial charge in [-0.2, -0.15) is 0 Å². The molecule has 0 radical (unpaired) electrons. The molecular weight excluding hydrogens is 470 g/mol. The minimum Gasteiger partial charge on any atom is -0.497 e. The van der Waals surface area contributed by atoms with Gasteiger partial charge in [0.05, 0.1) is 29.0 Å². The van der Waals surface area contributed by atoms with Gasteiger partial charge in [0.25, 0.3) is 11.5 Å². The number of amides is 1. The Morgan fingerprint density at radius 3 is 2.56 bits per heavy atom. The van der Waals surface area contributed by atoms with Gasteiger partial charge in [-0.1, -0.05) is 71.5 Å². The molecule has 1 amide bonds. The average molecular weight is 496 g/mol. The molecule has 0 unspecified atom stereocenters. The van der Waals surface area contributed by atoms with E-state index in [1.54, 1.807) is 11.7 Å². The van der Waals surface area contributed by atoms with Gasteiger partial charge in [-0.25, -0.2) is 4.99 Å². The Kier molecular flexibility index (Phi) is 6.40. The number of anilines is 1. The highest BCUT2D eigenvalue weighted by Crippen LogP contribution is 2.32. The summed E-state index contributed by atoms with van der Waals surface area (Å²) in [5, 5.41) is 2.97. The SMILES string of the molecule is COc1cccc([C@H]2C(C(=O)Nc3ccccc3)=C(C)N=c3s/c(=C/c4cccc(C)c4)c(=O)n32)c1. The predicted molar refractivity (Wildman–Crippen MR) is 143 cm³/mol. The van der Waals surface area contributed by atoms with Crippen LogP contribution >= 0.6 is 11.3 Å². The summed E-state index contributed by atoms with van der Waals surface area (Å²) < 4.78 is 7.63. The molecule has 180 valence electrons. The van der Waals surface area contributed by atoms with E-state index < -0.39 is 6.04 Å². The Morgan fingerprint density at radius 1 is 1.03 bits per heavy atom. The number of aryl methyl sites for hydroxylation is 1. The number of hydrogen-bond acceptors (Lipinski definition) is 5.